The fourth-order valence-corrected chi connectivity index (χ4v) is 5.22. The van der Waals surface area contributed by atoms with Gasteiger partial charge in [0.1, 0.15) is 30.0 Å². The molecule has 2 atom stereocenters. The van der Waals surface area contributed by atoms with E-state index in [4.69, 9.17) is 14.2 Å². The number of rotatable bonds is 9. The Bertz CT molecular complexity index is 1610. The van der Waals surface area contributed by atoms with Gasteiger partial charge in [0.2, 0.25) is 5.88 Å². The Kier molecular flexibility index (Phi) is 8.13. The van der Waals surface area contributed by atoms with E-state index >= 15 is 0 Å². The SMILES string of the molecule is CC(COc1ccc(Oc2ccc(C(=O)N3CCc4ccccc4[C@@H]3c3ccccc3)cc2)cc1)Oc1ccccn1. The number of hydrogen-bond acceptors (Lipinski definition) is 5. The minimum absolute atomic E-state index is 0.00709. The number of carbonyl (C=O) groups is 1. The maximum Gasteiger partial charge on any atom is 0.254 e. The standard InChI is InChI=1S/C36H32N2O4/c1-26(41-34-13-7-8-23-37-34)25-40-30-18-20-32(21-19-30)42-31-16-14-29(15-17-31)36(39)38-24-22-27-9-5-6-12-33(27)35(38)28-10-3-2-4-11-28/h2-21,23,26,35H,22,24-25H2,1H3/t26?,35-/m0/s1. The molecule has 1 unspecified atom stereocenters. The third kappa shape index (κ3) is 6.28. The predicted octanol–water partition coefficient (Wildman–Crippen LogP) is 7.51. The highest BCUT2D eigenvalue weighted by Gasteiger charge is 2.32. The molecule has 0 aliphatic carbocycles. The second kappa shape index (κ2) is 12.6. The summed E-state index contributed by atoms with van der Waals surface area (Å²) in [5, 5.41) is 0. The summed E-state index contributed by atoms with van der Waals surface area (Å²) in [7, 11) is 0. The second-order valence-electron chi connectivity index (χ2n) is 10.3. The molecule has 1 aliphatic rings. The number of carbonyl (C=O) groups excluding carboxylic acids is 1. The minimum atomic E-state index is -0.153. The minimum Gasteiger partial charge on any atom is -0.490 e. The van der Waals surface area contributed by atoms with Gasteiger partial charge in [-0.1, -0.05) is 60.7 Å². The van der Waals surface area contributed by atoms with E-state index in [9.17, 15) is 4.79 Å². The topological polar surface area (TPSA) is 60.9 Å². The predicted molar refractivity (Wildman–Crippen MR) is 162 cm³/mol. The zero-order chi connectivity index (χ0) is 28.7. The Hall–Kier alpha value is -5.10. The Morgan fingerprint density at radius 2 is 1.48 bits per heavy atom. The van der Waals surface area contributed by atoms with Crippen molar-refractivity contribution in [3.63, 3.8) is 0 Å². The first-order valence-electron chi connectivity index (χ1n) is 14.2. The van der Waals surface area contributed by atoms with Crippen LogP contribution in [0.5, 0.6) is 23.1 Å². The molecule has 2 heterocycles. The highest BCUT2D eigenvalue weighted by Crippen LogP contribution is 2.36. The van der Waals surface area contributed by atoms with Gasteiger partial charge in [-0.05, 0) is 84.6 Å². The van der Waals surface area contributed by atoms with Crippen molar-refractivity contribution in [3.8, 4) is 23.1 Å². The van der Waals surface area contributed by atoms with Crippen molar-refractivity contribution in [2.45, 2.75) is 25.5 Å². The van der Waals surface area contributed by atoms with Crippen molar-refractivity contribution in [2.24, 2.45) is 0 Å². The summed E-state index contributed by atoms with van der Waals surface area (Å²) in [6.07, 6.45) is 2.38. The maximum atomic E-state index is 13.8. The summed E-state index contributed by atoms with van der Waals surface area (Å²) in [4.78, 5) is 19.9. The van der Waals surface area contributed by atoms with Crippen LogP contribution in [0.15, 0.2) is 128 Å². The van der Waals surface area contributed by atoms with Crippen LogP contribution < -0.4 is 14.2 Å². The van der Waals surface area contributed by atoms with Crippen molar-refractivity contribution in [2.75, 3.05) is 13.2 Å². The normalized spacial score (nSPS) is 14.9. The molecule has 0 radical (unpaired) electrons. The maximum absolute atomic E-state index is 13.8. The van der Waals surface area contributed by atoms with E-state index in [2.05, 4.69) is 35.3 Å². The molecule has 6 nitrogen and oxygen atoms in total. The first kappa shape index (κ1) is 27.1. The summed E-state index contributed by atoms with van der Waals surface area (Å²) in [6.45, 7) is 2.99. The molecule has 0 bridgehead atoms. The van der Waals surface area contributed by atoms with Crippen molar-refractivity contribution in [1.29, 1.82) is 0 Å². The van der Waals surface area contributed by atoms with Gasteiger partial charge >= 0.3 is 0 Å². The van der Waals surface area contributed by atoms with Gasteiger partial charge in [0.15, 0.2) is 0 Å². The Morgan fingerprint density at radius 1 is 0.810 bits per heavy atom. The van der Waals surface area contributed by atoms with Crippen LogP contribution in [0.1, 0.15) is 40.0 Å². The van der Waals surface area contributed by atoms with Crippen molar-refractivity contribution < 1.29 is 19.0 Å². The first-order valence-corrected chi connectivity index (χ1v) is 14.2. The van der Waals surface area contributed by atoms with Crippen LogP contribution in [-0.4, -0.2) is 35.0 Å². The van der Waals surface area contributed by atoms with Gasteiger partial charge in [-0.15, -0.1) is 0 Å². The fourth-order valence-electron chi connectivity index (χ4n) is 5.22. The van der Waals surface area contributed by atoms with Crippen LogP contribution >= 0.6 is 0 Å². The van der Waals surface area contributed by atoms with Gasteiger partial charge in [0.05, 0.1) is 6.04 Å². The molecule has 0 saturated carbocycles. The summed E-state index contributed by atoms with van der Waals surface area (Å²) < 4.78 is 17.7. The van der Waals surface area contributed by atoms with Gasteiger partial charge in [-0.25, -0.2) is 4.98 Å². The summed E-state index contributed by atoms with van der Waals surface area (Å²) in [5.74, 6) is 2.63. The lowest BCUT2D eigenvalue weighted by atomic mass is 9.88. The highest BCUT2D eigenvalue weighted by molar-refractivity contribution is 5.95. The molecule has 6 rings (SSSR count). The quantitative estimate of drug-likeness (QED) is 0.188. The van der Waals surface area contributed by atoms with E-state index in [-0.39, 0.29) is 18.1 Å². The molecule has 6 heteroatoms. The largest absolute Gasteiger partial charge is 0.490 e. The molecule has 1 aromatic heterocycles. The average Bonchev–Trinajstić information content (AvgIpc) is 3.05. The van der Waals surface area contributed by atoms with Crippen LogP contribution in [0.2, 0.25) is 0 Å². The van der Waals surface area contributed by atoms with Gasteiger partial charge in [-0.3, -0.25) is 4.79 Å². The van der Waals surface area contributed by atoms with E-state index in [0.29, 0.717) is 36.1 Å². The van der Waals surface area contributed by atoms with Crippen LogP contribution in [-0.2, 0) is 6.42 Å². The third-order valence-corrected chi connectivity index (χ3v) is 7.26. The van der Waals surface area contributed by atoms with Crippen molar-refractivity contribution in [1.82, 2.24) is 9.88 Å². The molecule has 5 aromatic rings. The van der Waals surface area contributed by atoms with Crippen LogP contribution in [0.25, 0.3) is 0 Å². The number of aromatic nitrogens is 1. The first-order chi connectivity index (χ1) is 20.6. The monoisotopic (exact) mass is 556 g/mol. The summed E-state index contributed by atoms with van der Waals surface area (Å²) in [6, 6.07) is 38.9. The van der Waals surface area contributed by atoms with Crippen LogP contribution in [0.3, 0.4) is 0 Å². The summed E-state index contributed by atoms with van der Waals surface area (Å²) in [5.41, 5.74) is 4.22. The van der Waals surface area contributed by atoms with Crippen molar-refractivity contribution in [3.05, 3.63) is 150 Å². The molecule has 0 N–H and O–H groups in total. The molecule has 4 aromatic carbocycles. The highest BCUT2D eigenvalue weighted by atomic mass is 16.5. The second-order valence-corrected chi connectivity index (χ2v) is 10.3. The fraction of sp³-hybridized carbons (Fsp3) is 0.167. The zero-order valence-electron chi connectivity index (χ0n) is 23.4. The molecule has 0 spiro atoms. The molecule has 1 aliphatic heterocycles. The van der Waals surface area contributed by atoms with Gasteiger partial charge in [0, 0.05) is 24.4 Å². The van der Waals surface area contributed by atoms with E-state index in [1.807, 2.05) is 103 Å². The number of nitrogens with zero attached hydrogens (tertiary/aromatic N) is 2. The molecular weight excluding hydrogens is 524 g/mol. The van der Waals surface area contributed by atoms with Gasteiger partial charge in [0.25, 0.3) is 5.91 Å². The molecule has 0 saturated heterocycles. The smallest absolute Gasteiger partial charge is 0.254 e. The molecule has 42 heavy (non-hydrogen) atoms. The Balaban J connectivity index is 1.08. The van der Waals surface area contributed by atoms with E-state index < -0.39 is 0 Å². The lowest BCUT2D eigenvalue weighted by Crippen LogP contribution is -2.40. The lowest BCUT2D eigenvalue weighted by molar-refractivity contribution is 0.0694. The van der Waals surface area contributed by atoms with E-state index in [0.717, 1.165) is 17.7 Å². The Morgan fingerprint density at radius 3 is 2.21 bits per heavy atom. The number of amides is 1. The summed E-state index contributed by atoms with van der Waals surface area (Å²) >= 11 is 0. The number of ether oxygens (including phenoxy) is 3. The molecule has 1 amide bonds. The molecule has 210 valence electrons. The number of hydrogen-bond donors (Lipinski definition) is 0. The van der Waals surface area contributed by atoms with Gasteiger partial charge in [-0.2, -0.15) is 0 Å². The van der Waals surface area contributed by atoms with Crippen LogP contribution in [0.4, 0.5) is 0 Å². The Labute approximate surface area is 246 Å². The van der Waals surface area contributed by atoms with Gasteiger partial charge < -0.3 is 19.1 Å². The molecular formula is C36H32N2O4. The van der Waals surface area contributed by atoms with Crippen molar-refractivity contribution >= 4 is 5.91 Å². The van der Waals surface area contributed by atoms with E-state index in [1.165, 1.54) is 11.1 Å². The van der Waals surface area contributed by atoms with Crippen LogP contribution in [0, 0.1) is 0 Å². The zero-order valence-corrected chi connectivity index (χ0v) is 23.4. The number of pyridine rings is 1. The van der Waals surface area contributed by atoms with E-state index in [1.54, 1.807) is 6.20 Å². The number of benzene rings is 4. The number of fused-ring (bicyclic) bond motifs is 1. The third-order valence-electron chi connectivity index (χ3n) is 7.26. The molecule has 0 fully saturated rings. The lowest BCUT2D eigenvalue weighted by Gasteiger charge is -2.38. The average molecular weight is 557 g/mol.